The van der Waals surface area contributed by atoms with E-state index in [1.165, 1.54) is 11.0 Å². The first-order chi connectivity index (χ1) is 10.1. The van der Waals surface area contributed by atoms with Crippen LogP contribution in [-0.2, 0) is 6.42 Å². The van der Waals surface area contributed by atoms with E-state index < -0.39 is 4.92 Å². The number of rotatable bonds is 2. The lowest BCUT2D eigenvalue weighted by Crippen LogP contribution is -2.29. The summed E-state index contributed by atoms with van der Waals surface area (Å²) in [6.07, 6.45) is 0.619. The number of fused-ring (bicyclic) bond motifs is 1. The molecule has 21 heavy (non-hydrogen) atoms. The van der Waals surface area contributed by atoms with Crippen LogP contribution in [0.1, 0.15) is 15.9 Å². The van der Waals surface area contributed by atoms with E-state index in [0.29, 0.717) is 28.7 Å². The highest BCUT2D eigenvalue weighted by Crippen LogP contribution is 2.40. The number of nitro benzene ring substituents is 1. The van der Waals surface area contributed by atoms with Crippen LogP contribution in [0.2, 0.25) is 0 Å². The normalized spacial score (nSPS) is 13.1. The first kappa shape index (κ1) is 13.8. The average molecular weight is 347 g/mol. The molecule has 0 spiro atoms. The molecule has 0 fully saturated rings. The second kappa shape index (κ2) is 5.29. The summed E-state index contributed by atoms with van der Waals surface area (Å²) in [5.74, 6) is -0.209. The van der Waals surface area contributed by atoms with Gasteiger partial charge in [0, 0.05) is 22.6 Å². The minimum absolute atomic E-state index is 0.0406. The number of anilines is 1. The molecule has 1 aliphatic rings. The van der Waals surface area contributed by atoms with Crippen molar-refractivity contribution < 1.29 is 9.72 Å². The Balaban J connectivity index is 2.08. The standard InChI is InChI=1S/C15H11BrN2O3/c16-12-8-11-6-7-17(14(11)13(9-12)18(20)21)15(19)10-4-2-1-3-5-10/h1-5,8-9H,6-7H2. The molecule has 0 bridgehead atoms. The maximum absolute atomic E-state index is 12.6. The van der Waals surface area contributed by atoms with Crippen LogP contribution in [0.5, 0.6) is 0 Å². The molecule has 2 aromatic carbocycles. The number of halogens is 1. The third-order valence-corrected chi connectivity index (χ3v) is 3.93. The largest absolute Gasteiger partial charge is 0.302 e. The van der Waals surface area contributed by atoms with Crippen molar-refractivity contribution in [1.29, 1.82) is 0 Å². The Morgan fingerprint density at radius 2 is 1.95 bits per heavy atom. The lowest BCUT2D eigenvalue weighted by Gasteiger charge is -2.17. The molecule has 0 saturated heterocycles. The number of nitrogens with zero attached hydrogens (tertiary/aromatic N) is 2. The first-order valence-corrected chi connectivity index (χ1v) is 7.21. The van der Waals surface area contributed by atoms with Crippen molar-refractivity contribution in [3.05, 3.63) is 68.2 Å². The van der Waals surface area contributed by atoms with Crippen molar-refractivity contribution in [2.75, 3.05) is 11.4 Å². The molecule has 0 aromatic heterocycles. The fourth-order valence-electron chi connectivity index (χ4n) is 2.57. The quantitative estimate of drug-likeness (QED) is 0.616. The molecule has 6 heteroatoms. The molecule has 106 valence electrons. The third-order valence-electron chi connectivity index (χ3n) is 3.47. The van der Waals surface area contributed by atoms with Gasteiger partial charge in [-0.05, 0) is 30.2 Å². The lowest BCUT2D eigenvalue weighted by atomic mass is 10.1. The highest BCUT2D eigenvalue weighted by atomic mass is 79.9. The molecule has 0 saturated carbocycles. The zero-order valence-corrected chi connectivity index (χ0v) is 12.5. The average Bonchev–Trinajstić information content (AvgIpc) is 2.90. The molecule has 3 rings (SSSR count). The Morgan fingerprint density at radius 1 is 1.24 bits per heavy atom. The molecule has 2 aromatic rings. The summed E-state index contributed by atoms with van der Waals surface area (Å²) in [5, 5.41) is 11.3. The summed E-state index contributed by atoms with van der Waals surface area (Å²) in [6, 6.07) is 12.1. The lowest BCUT2D eigenvalue weighted by molar-refractivity contribution is -0.384. The highest BCUT2D eigenvalue weighted by molar-refractivity contribution is 9.10. The van der Waals surface area contributed by atoms with Gasteiger partial charge in [-0.3, -0.25) is 14.9 Å². The molecule has 0 unspecified atom stereocenters. The monoisotopic (exact) mass is 346 g/mol. The molecule has 0 aliphatic carbocycles. The number of benzene rings is 2. The SMILES string of the molecule is O=C(c1ccccc1)N1CCc2cc(Br)cc([N+](=O)[O-])c21. The Morgan fingerprint density at radius 3 is 2.62 bits per heavy atom. The van der Waals surface area contributed by atoms with Gasteiger partial charge in [0.05, 0.1) is 4.92 Å². The van der Waals surface area contributed by atoms with Crippen molar-refractivity contribution in [1.82, 2.24) is 0 Å². The number of amides is 1. The van der Waals surface area contributed by atoms with Crippen LogP contribution in [-0.4, -0.2) is 17.4 Å². The molecule has 1 aliphatic heterocycles. The van der Waals surface area contributed by atoms with Crippen LogP contribution in [0.4, 0.5) is 11.4 Å². The zero-order valence-electron chi connectivity index (χ0n) is 11.0. The van der Waals surface area contributed by atoms with Crippen LogP contribution in [0, 0.1) is 10.1 Å². The fraction of sp³-hybridized carbons (Fsp3) is 0.133. The van der Waals surface area contributed by atoms with Gasteiger partial charge in [0.2, 0.25) is 0 Å². The van der Waals surface area contributed by atoms with E-state index >= 15 is 0 Å². The maximum Gasteiger partial charge on any atom is 0.294 e. The molecular formula is C15H11BrN2O3. The van der Waals surface area contributed by atoms with Gasteiger partial charge in [0.1, 0.15) is 5.69 Å². The van der Waals surface area contributed by atoms with Crippen molar-refractivity contribution in [3.8, 4) is 0 Å². The van der Waals surface area contributed by atoms with Gasteiger partial charge in [0.25, 0.3) is 11.6 Å². The van der Waals surface area contributed by atoms with Gasteiger partial charge < -0.3 is 4.90 Å². The van der Waals surface area contributed by atoms with Crippen molar-refractivity contribution in [3.63, 3.8) is 0 Å². The number of hydrogen-bond acceptors (Lipinski definition) is 3. The number of hydrogen-bond donors (Lipinski definition) is 0. The number of carbonyl (C=O) groups excluding carboxylic acids is 1. The minimum Gasteiger partial charge on any atom is -0.302 e. The Labute approximate surface area is 129 Å². The van der Waals surface area contributed by atoms with Crippen LogP contribution in [0.25, 0.3) is 0 Å². The zero-order chi connectivity index (χ0) is 15.0. The van der Waals surface area contributed by atoms with Gasteiger partial charge >= 0.3 is 0 Å². The summed E-state index contributed by atoms with van der Waals surface area (Å²) >= 11 is 3.28. The van der Waals surface area contributed by atoms with E-state index in [1.54, 1.807) is 24.3 Å². The third kappa shape index (κ3) is 2.42. The van der Waals surface area contributed by atoms with Crippen molar-refractivity contribution in [2.24, 2.45) is 0 Å². The van der Waals surface area contributed by atoms with Gasteiger partial charge in [-0.25, -0.2) is 0 Å². The number of carbonyl (C=O) groups is 1. The smallest absolute Gasteiger partial charge is 0.294 e. The van der Waals surface area contributed by atoms with E-state index in [1.807, 2.05) is 12.1 Å². The molecule has 1 heterocycles. The van der Waals surface area contributed by atoms with Crippen molar-refractivity contribution in [2.45, 2.75) is 6.42 Å². The molecular weight excluding hydrogens is 336 g/mol. The highest BCUT2D eigenvalue weighted by Gasteiger charge is 2.33. The number of nitro groups is 1. The summed E-state index contributed by atoms with van der Waals surface area (Å²) in [6.45, 7) is 0.459. The van der Waals surface area contributed by atoms with Gasteiger partial charge in [-0.2, -0.15) is 0 Å². The molecule has 0 radical (unpaired) electrons. The molecule has 1 amide bonds. The van der Waals surface area contributed by atoms with E-state index in [9.17, 15) is 14.9 Å². The van der Waals surface area contributed by atoms with Gasteiger partial charge in [-0.15, -0.1) is 0 Å². The van der Waals surface area contributed by atoms with E-state index in [2.05, 4.69) is 15.9 Å². The summed E-state index contributed by atoms with van der Waals surface area (Å²) in [5.41, 5.74) is 1.72. The predicted octanol–water partition coefficient (Wildman–Crippen LogP) is 3.56. The second-order valence-electron chi connectivity index (χ2n) is 4.76. The summed E-state index contributed by atoms with van der Waals surface area (Å²) in [7, 11) is 0. The van der Waals surface area contributed by atoms with E-state index in [4.69, 9.17) is 0 Å². The summed E-state index contributed by atoms with van der Waals surface area (Å²) in [4.78, 5) is 24.9. The molecule has 5 nitrogen and oxygen atoms in total. The van der Waals surface area contributed by atoms with Crippen LogP contribution < -0.4 is 4.90 Å². The first-order valence-electron chi connectivity index (χ1n) is 6.41. The minimum atomic E-state index is -0.444. The van der Waals surface area contributed by atoms with Gasteiger partial charge in [-0.1, -0.05) is 34.1 Å². The Bertz CT molecular complexity index is 731. The van der Waals surface area contributed by atoms with E-state index in [-0.39, 0.29) is 11.6 Å². The van der Waals surface area contributed by atoms with Crippen LogP contribution in [0.15, 0.2) is 46.9 Å². The Hall–Kier alpha value is -2.21. The fourth-order valence-corrected chi connectivity index (χ4v) is 3.06. The molecule has 0 atom stereocenters. The van der Waals surface area contributed by atoms with E-state index in [0.717, 1.165) is 5.56 Å². The maximum atomic E-state index is 12.6. The van der Waals surface area contributed by atoms with Crippen molar-refractivity contribution >= 4 is 33.2 Å². The Kier molecular flexibility index (Phi) is 3.47. The van der Waals surface area contributed by atoms with Crippen LogP contribution >= 0.6 is 15.9 Å². The van der Waals surface area contributed by atoms with Gasteiger partial charge in [0.15, 0.2) is 0 Å². The molecule has 0 N–H and O–H groups in total. The topological polar surface area (TPSA) is 63.5 Å². The second-order valence-corrected chi connectivity index (χ2v) is 5.68. The van der Waals surface area contributed by atoms with Crippen LogP contribution in [0.3, 0.4) is 0 Å². The summed E-state index contributed by atoms with van der Waals surface area (Å²) < 4.78 is 0.655. The predicted molar refractivity (Wildman–Crippen MR) is 82.6 cm³/mol.